The van der Waals surface area contributed by atoms with Gasteiger partial charge in [0.2, 0.25) is 0 Å². The largest absolute Gasteiger partial charge is 0.493 e. The molecular formula is C15H15ClO2S. The summed E-state index contributed by atoms with van der Waals surface area (Å²) in [5.74, 6) is 1.01. The Morgan fingerprint density at radius 2 is 2.26 bits per heavy atom. The Labute approximate surface area is 121 Å². The Morgan fingerprint density at radius 3 is 3.05 bits per heavy atom. The van der Waals surface area contributed by atoms with Gasteiger partial charge in [-0.1, -0.05) is 23.7 Å². The third kappa shape index (κ3) is 2.78. The Morgan fingerprint density at radius 1 is 1.37 bits per heavy atom. The standard InChI is InChI=1S/C15H15ClO2S/c16-12-6-8-19-15(12)13(17)3-1-10-2-4-14-11(9-10)5-7-18-14/h2,4,6,8-9,13,17H,1,3,5,7H2. The number of aryl methyl sites for hydroxylation is 1. The van der Waals surface area contributed by atoms with Crippen molar-refractivity contribution in [1.82, 2.24) is 0 Å². The molecule has 1 atom stereocenters. The molecular weight excluding hydrogens is 280 g/mol. The van der Waals surface area contributed by atoms with Gasteiger partial charge >= 0.3 is 0 Å². The number of hydrogen-bond acceptors (Lipinski definition) is 3. The summed E-state index contributed by atoms with van der Waals surface area (Å²) in [7, 11) is 0. The third-order valence-electron chi connectivity index (χ3n) is 3.41. The van der Waals surface area contributed by atoms with E-state index in [1.165, 1.54) is 22.5 Å². The van der Waals surface area contributed by atoms with Crippen LogP contribution < -0.4 is 4.74 Å². The van der Waals surface area contributed by atoms with Crippen LogP contribution in [-0.4, -0.2) is 11.7 Å². The van der Waals surface area contributed by atoms with E-state index >= 15 is 0 Å². The van der Waals surface area contributed by atoms with E-state index in [2.05, 4.69) is 12.1 Å². The number of aliphatic hydroxyl groups is 1. The average molecular weight is 295 g/mol. The minimum Gasteiger partial charge on any atom is -0.493 e. The molecule has 1 aromatic carbocycles. The van der Waals surface area contributed by atoms with Crippen LogP contribution in [0.25, 0.3) is 0 Å². The lowest BCUT2D eigenvalue weighted by Gasteiger charge is -2.10. The molecule has 1 aliphatic heterocycles. The molecule has 1 aliphatic rings. The van der Waals surface area contributed by atoms with Gasteiger partial charge in [-0.3, -0.25) is 0 Å². The molecule has 4 heteroatoms. The summed E-state index contributed by atoms with van der Waals surface area (Å²) < 4.78 is 5.49. The molecule has 0 bridgehead atoms. The molecule has 2 heterocycles. The quantitative estimate of drug-likeness (QED) is 0.923. The Hall–Kier alpha value is -1.03. The van der Waals surface area contributed by atoms with Crippen LogP contribution in [0.3, 0.4) is 0 Å². The highest BCUT2D eigenvalue weighted by Gasteiger charge is 2.15. The first-order chi connectivity index (χ1) is 9.24. The number of rotatable bonds is 4. The number of ether oxygens (including phenoxy) is 1. The SMILES string of the molecule is OC(CCc1ccc2c(c1)CCO2)c1sccc1Cl. The fraction of sp³-hybridized carbons (Fsp3) is 0.333. The minimum absolute atomic E-state index is 0.475. The van der Waals surface area contributed by atoms with Crippen LogP contribution >= 0.6 is 22.9 Å². The van der Waals surface area contributed by atoms with E-state index in [4.69, 9.17) is 16.3 Å². The Bertz CT molecular complexity index is 579. The molecule has 0 fully saturated rings. The van der Waals surface area contributed by atoms with Gasteiger partial charge in [0.05, 0.1) is 22.6 Å². The summed E-state index contributed by atoms with van der Waals surface area (Å²) in [6.07, 6.45) is 2.06. The molecule has 1 N–H and O–H groups in total. The first kappa shape index (κ1) is 13.0. The lowest BCUT2D eigenvalue weighted by molar-refractivity contribution is 0.171. The van der Waals surface area contributed by atoms with Gasteiger partial charge in [-0.2, -0.15) is 0 Å². The molecule has 2 nitrogen and oxygen atoms in total. The van der Waals surface area contributed by atoms with Crippen LogP contribution in [0.2, 0.25) is 5.02 Å². The van der Waals surface area contributed by atoms with Gasteiger partial charge in [-0.15, -0.1) is 11.3 Å². The van der Waals surface area contributed by atoms with Gasteiger partial charge in [-0.25, -0.2) is 0 Å². The molecule has 1 aromatic heterocycles. The smallest absolute Gasteiger partial charge is 0.122 e. The van der Waals surface area contributed by atoms with Crippen molar-refractivity contribution in [2.75, 3.05) is 6.61 Å². The lowest BCUT2D eigenvalue weighted by Crippen LogP contribution is -1.98. The van der Waals surface area contributed by atoms with Gasteiger partial charge in [0, 0.05) is 6.42 Å². The van der Waals surface area contributed by atoms with E-state index in [1.54, 1.807) is 0 Å². The molecule has 1 unspecified atom stereocenters. The maximum atomic E-state index is 10.1. The first-order valence-electron chi connectivity index (χ1n) is 6.39. The molecule has 0 spiro atoms. The van der Waals surface area contributed by atoms with Crippen LogP contribution in [0.5, 0.6) is 5.75 Å². The summed E-state index contributed by atoms with van der Waals surface area (Å²) in [6.45, 7) is 0.784. The number of fused-ring (bicyclic) bond motifs is 1. The number of halogens is 1. The van der Waals surface area contributed by atoms with Crippen LogP contribution in [0, 0.1) is 0 Å². The Kier molecular flexibility index (Phi) is 3.78. The van der Waals surface area contributed by atoms with Crippen molar-refractivity contribution in [1.29, 1.82) is 0 Å². The second-order valence-electron chi connectivity index (χ2n) is 4.73. The zero-order valence-electron chi connectivity index (χ0n) is 10.4. The van der Waals surface area contributed by atoms with Gasteiger partial charge in [0.15, 0.2) is 0 Å². The van der Waals surface area contributed by atoms with Crippen molar-refractivity contribution in [3.05, 3.63) is 50.7 Å². The van der Waals surface area contributed by atoms with Gasteiger partial charge in [0.1, 0.15) is 5.75 Å². The minimum atomic E-state index is -0.475. The van der Waals surface area contributed by atoms with Crippen molar-refractivity contribution < 1.29 is 9.84 Å². The van der Waals surface area contributed by atoms with E-state index in [-0.39, 0.29) is 0 Å². The van der Waals surface area contributed by atoms with Crippen molar-refractivity contribution in [2.24, 2.45) is 0 Å². The topological polar surface area (TPSA) is 29.5 Å². The summed E-state index contributed by atoms with van der Waals surface area (Å²) in [6, 6.07) is 8.12. The van der Waals surface area contributed by atoms with Gasteiger partial charge in [-0.05, 0) is 41.5 Å². The highest BCUT2D eigenvalue weighted by Crippen LogP contribution is 2.32. The predicted molar refractivity (Wildman–Crippen MR) is 78.3 cm³/mol. The van der Waals surface area contributed by atoms with E-state index in [9.17, 15) is 5.11 Å². The van der Waals surface area contributed by atoms with Crippen molar-refractivity contribution in [3.63, 3.8) is 0 Å². The van der Waals surface area contributed by atoms with Crippen LogP contribution in [0.15, 0.2) is 29.6 Å². The third-order valence-corrected chi connectivity index (χ3v) is 4.87. The van der Waals surface area contributed by atoms with Gasteiger partial charge in [0.25, 0.3) is 0 Å². The highest BCUT2D eigenvalue weighted by molar-refractivity contribution is 7.10. The fourth-order valence-electron chi connectivity index (χ4n) is 2.37. The summed E-state index contributed by atoms with van der Waals surface area (Å²) in [5, 5.41) is 12.7. The maximum absolute atomic E-state index is 10.1. The van der Waals surface area contributed by atoms with Crippen LogP contribution in [-0.2, 0) is 12.8 Å². The molecule has 0 saturated carbocycles. The van der Waals surface area contributed by atoms with Gasteiger partial charge < -0.3 is 9.84 Å². The molecule has 100 valence electrons. The summed E-state index contributed by atoms with van der Waals surface area (Å²) in [4.78, 5) is 0.867. The van der Waals surface area contributed by atoms with Crippen molar-refractivity contribution in [2.45, 2.75) is 25.4 Å². The predicted octanol–water partition coefficient (Wildman–Crippen LogP) is 4.00. The van der Waals surface area contributed by atoms with Crippen molar-refractivity contribution >= 4 is 22.9 Å². The monoisotopic (exact) mass is 294 g/mol. The number of hydrogen-bond donors (Lipinski definition) is 1. The fourth-order valence-corrected chi connectivity index (χ4v) is 3.58. The number of thiophene rings is 1. The molecule has 19 heavy (non-hydrogen) atoms. The van der Waals surface area contributed by atoms with E-state index in [0.717, 1.165) is 30.1 Å². The van der Waals surface area contributed by atoms with Crippen LogP contribution in [0.4, 0.5) is 0 Å². The summed E-state index contributed by atoms with van der Waals surface area (Å²) in [5.41, 5.74) is 2.53. The highest BCUT2D eigenvalue weighted by atomic mass is 35.5. The second-order valence-corrected chi connectivity index (χ2v) is 6.08. The second kappa shape index (κ2) is 5.53. The number of benzene rings is 1. The zero-order valence-corrected chi connectivity index (χ0v) is 12.0. The first-order valence-corrected chi connectivity index (χ1v) is 7.65. The molecule has 0 aliphatic carbocycles. The molecule has 3 rings (SSSR count). The van der Waals surface area contributed by atoms with E-state index < -0.39 is 6.10 Å². The van der Waals surface area contributed by atoms with Crippen LogP contribution in [0.1, 0.15) is 28.5 Å². The normalized spacial score (nSPS) is 15.1. The van der Waals surface area contributed by atoms with Crippen molar-refractivity contribution in [3.8, 4) is 5.75 Å². The lowest BCUT2D eigenvalue weighted by atomic mass is 10.0. The Balaban J connectivity index is 1.65. The molecule has 2 aromatic rings. The molecule has 0 saturated heterocycles. The van der Waals surface area contributed by atoms with E-state index in [0.29, 0.717) is 11.4 Å². The van der Waals surface area contributed by atoms with E-state index in [1.807, 2.05) is 17.5 Å². The average Bonchev–Trinajstić information content (AvgIpc) is 3.03. The molecule has 0 radical (unpaired) electrons. The molecule has 0 amide bonds. The summed E-state index contributed by atoms with van der Waals surface area (Å²) >= 11 is 7.54. The number of aliphatic hydroxyl groups excluding tert-OH is 1. The zero-order chi connectivity index (χ0) is 13.2. The maximum Gasteiger partial charge on any atom is 0.122 e.